The van der Waals surface area contributed by atoms with E-state index in [4.69, 9.17) is 0 Å². The third kappa shape index (κ3) is 3.39. The Morgan fingerprint density at radius 2 is 2.45 bits per heavy atom. The van der Waals surface area contributed by atoms with Crippen LogP contribution < -0.4 is 10.6 Å². The van der Waals surface area contributed by atoms with E-state index in [2.05, 4.69) is 39.5 Å². The van der Waals surface area contributed by atoms with Crippen molar-refractivity contribution in [2.75, 3.05) is 5.32 Å². The first-order valence-electron chi connectivity index (χ1n) is 6.81. The number of nitrogens with zero attached hydrogens (tertiary/aromatic N) is 2. The topological polar surface area (TPSA) is 59.0 Å². The Morgan fingerprint density at radius 3 is 3.15 bits per heavy atom. The smallest absolute Gasteiger partial charge is 0.241 e. The highest BCUT2D eigenvalue weighted by Crippen LogP contribution is 2.21. The number of anilines is 1. The lowest BCUT2D eigenvalue weighted by atomic mass is 10.2. The van der Waals surface area contributed by atoms with Gasteiger partial charge in [0.25, 0.3) is 0 Å². The van der Waals surface area contributed by atoms with E-state index < -0.39 is 0 Å². The van der Waals surface area contributed by atoms with E-state index in [-0.39, 0.29) is 18.5 Å². The summed E-state index contributed by atoms with van der Waals surface area (Å²) < 4.78 is 1.67. The zero-order chi connectivity index (χ0) is 13.9. The second-order valence-electron chi connectivity index (χ2n) is 5.19. The molecule has 2 aromatic rings. The van der Waals surface area contributed by atoms with E-state index in [1.807, 2.05) is 6.20 Å². The van der Waals surface area contributed by atoms with Crippen LogP contribution in [0.15, 0.2) is 29.2 Å². The molecule has 6 heteroatoms. The van der Waals surface area contributed by atoms with Crippen LogP contribution in [0, 0.1) is 0 Å². The van der Waals surface area contributed by atoms with E-state index in [9.17, 15) is 4.79 Å². The predicted molar refractivity (Wildman–Crippen MR) is 79.7 cm³/mol. The third-order valence-corrected chi connectivity index (χ3v) is 4.01. The van der Waals surface area contributed by atoms with Crippen LogP contribution in [0.5, 0.6) is 0 Å². The summed E-state index contributed by atoms with van der Waals surface area (Å²) in [5, 5.41) is 14.8. The van der Waals surface area contributed by atoms with Crippen LogP contribution in [0.4, 0.5) is 5.69 Å². The van der Waals surface area contributed by atoms with Crippen molar-refractivity contribution in [2.24, 2.45) is 0 Å². The Labute approximate surface area is 122 Å². The average molecular weight is 290 g/mol. The molecular formula is C14H18N4OS. The van der Waals surface area contributed by atoms with Gasteiger partial charge in [0.2, 0.25) is 5.91 Å². The van der Waals surface area contributed by atoms with Crippen LogP contribution in [0.25, 0.3) is 0 Å². The van der Waals surface area contributed by atoms with Crippen LogP contribution in [0.2, 0.25) is 0 Å². The Morgan fingerprint density at radius 1 is 1.60 bits per heavy atom. The Kier molecular flexibility index (Phi) is 3.73. The SMILES string of the molecule is CC(Nc1cnn(CC(=O)NC2CC2)c1)c1ccsc1. The molecule has 1 atom stereocenters. The lowest BCUT2D eigenvalue weighted by Crippen LogP contribution is -2.29. The summed E-state index contributed by atoms with van der Waals surface area (Å²) in [6, 6.07) is 2.74. The largest absolute Gasteiger partial charge is 0.376 e. The molecule has 0 saturated heterocycles. The van der Waals surface area contributed by atoms with Crippen molar-refractivity contribution in [1.82, 2.24) is 15.1 Å². The summed E-state index contributed by atoms with van der Waals surface area (Å²) in [5.74, 6) is 0.0352. The first-order valence-corrected chi connectivity index (χ1v) is 7.75. The number of hydrogen-bond donors (Lipinski definition) is 2. The Hall–Kier alpha value is -1.82. The maximum Gasteiger partial charge on any atom is 0.241 e. The minimum Gasteiger partial charge on any atom is -0.376 e. The molecule has 2 N–H and O–H groups in total. The molecule has 2 heterocycles. The molecule has 1 amide bonds. The second kappa shape index (κ2) is 5.66. The van der Waals surface area contributed by atoms with Gasteiger partial charge in [-0.2, -0.15) is 16.4 Å². The molecule has 106 valence electrons. The van der Waals surface area contributed by atoms with Gasteiger partial charge < -0.3 is 10.6 Å². The third-order valence-electron chi connectivity index (χ3n) is 3.31. The molecule has 0 aliphatic heterocycles. The maximum atomic E-state index is 11.7. The first-order chi connectivity index (χ1) is 9.70. The Bertz CT molecular complexity index is 574. The quantitative estimate of drug-likeness (QED) is 0.859. The number of thiophene rings is 1. The Balaban J connectivity index is 1.54. The molecule has 2 aromatic heterocycles. The lowest BCUT2D eigenvalue weighted by Gasteiger charge is -2.11. The van der Waals surface area contributed by atoms with Gasteiger partial charge in [0, 0.05) is 18.3 Å². The standard InChI is InChI=1S/C14H18N4OS/c1-10(11-4-5-20-9-11)16-13-6-15-18(7-13)8-14(19)17-12-2-3-12/h4-7,9-10,12,16H,2-3,8H2,1H3,(H,17,19). The molecule has 0 bridgehead atoms. The van der Waals surface area contributed by atoms with Crippen molar-refractivity contribution in [3.8, 4) is 0 Å². The molecule has 20 heavy (non-hydrogen) atoms. The lowest BCUT2D eigenvalue weighted by molar-refractivity contribution is -0.122. The molecule has 1 saturated carbocycles. The monoisotopic (exact) mass is 290 g/mol. The number of hydrogen-bond acceptors (Lipinski definition) is 4. The zero-order valence-corrected chi connectivity index (χ0v) is 12.2. The molecular weight excluding hydrogens is 272 g/mol. The van der Waals surface area contributed by atoms with E-state index in [0.717, 1.165) is 18.5 Å². The second-order valence-corrected chi connectivity index (χ2v) is 5.97. The molecule has 1 unspecified atom stereocenters. The van der Waals surface area contributed by atoms with Gasteiger partial charge in [-0.3, -0.25) is 9.48 Å². The summed E-state index contributed by atoms with van der Waals surface area (Å²) in [5.41, 5.74) is 2.19. The van der Waals surface area contributed by atoms with Gasteiger partial charge in [-0.15, -0.1) is 0 Å². The van der Waals surface area contributed by atoms with Gasteiger partial charge in [0.1, 0.15) is 6.54 Å². The first kappa shape index (κ1) is 13.2. The van der Waals surface area contributed by atoms with Gasteiger partial charge >= 0.3 is 0 Å². The number of carbonyl (C=O) groups excluding carboxylic acids is 1. The minimum atomic E-state index is 0.0352. The van der Waals surface area contributed by atoms with E-state index in [1.54, 1.807) is 22.2 Å². The number of carbonyl (C=O) groups is 1. The maximum absolute atomic E-state index is 11.7. The van der Waals surface area contributed by atoms with E-state index >= 15 is 0 Å². The fraction of sp³-hybridized carbons (Fsp3) is 0.429. The molecule has 0 radical (unpaired) electrons. The molecule has 5 nitrogen and oxygen atoms in total. The summed E-state index contributed by atoms with van der Waals surface area (Å²) in [4.78, 5) is 11.7. The fourth-order valence-corrected chi connectivity index (χ4v) is 2.78. The summed E-state index contributed by atoms with van der Waals surface area (Å²) in [6.07, 6.45) is 5.84. The minimum absolute atomic E-state index is 0.0352. The molecule has 3 rings (SSSR count). The number of aromatic nitrogens is 2. The van der Waals surface area contributed by atoms with E-state index in [1.165, 1.54) is 5.56 Å². The number of rotatable bonds is 6. The molecule has 0 spiro atoms. The van der Waals surface area contributed by atoms with Crippen molar-refractivity contribution in [3.05, 3.63) is 34.8 Å². The van der Waals surface area contributed by atoms with Gasteiger partial charge in [-0.25, -0.2) is 0 Å². The van der Waals surface area contributed by atoms with Crippen molar-refractivity contribution in [3.63, 3.8) is 0 Å². The number of amides is 1. The zero-order valence-electron chi connectivity index (χ0n) is 11.4. The highest BCUT2D eigenvalue weighted by molar-refractivity contribution is 7.07. The van der Waals surface area contributed by atoms with Crippen molar-refractivity contribution in [2.45, 2.75) is 38.4 Å². The highest BCUT2D eigenvalue weighted by atomic mass is 32.1. The van der Waals surface area contributed by atoms with Crippen LogP contribution in [0.3, 0.4) is 0 Å². The van der Waals surface area contributed by atoms with Crippen LogP contribution in [-0.4, -0.2) is 21.7 Å². The molecule has 1 aliphatic carbocycles. The number of nitrogens with one attached hydrogen (secondary N) is 2. The normalized spacial score (nSPS) is 15.8. The van der Waals surface area contributed by atoms with Crippen LogP contribution in [0.1, 0.15) is 31.4 Å². The fourth-order valence-electron chi connectivity index (χ4n) is 2.03. The van der Waals surface area contributed by atoms with Crippen molar-refractivity contribution >= 4 is 22.9 Å². The van der Waals surface area contributed by atoms with Crippen LogP contribution in [-0.2, 0) is 11.3 Å². The highest BCUT2D eigenvalue weighted by Gasteiger charge is 2.23. The van der Waals surface area contributed by atoms with Gasteiger partial charge in [0.15, 0.2) is 0 Å². The summed E-state index contributed by atoms with van der Waals surface area (Å²) in [6.45, 7) is 2.39. The van der Waals surface area contributed by atoms with Crippen molar-refractivity contribution in [1.29, 1.82) is 0 Å². The molecule has 1 fully saturated rings. The summed E-state index contributed by atoms with van der Waals surface area (Å²) in [7, 11) is 0. The molecule has 0 aromatic carbocycles. The predicted octanol–water partition coefficient (Wildman–Crippen LogP) is 2.40. The van der Waals surface area contributed by atoms with E-state index in [0.29, 0.717) is 6.04 Å². The van der Waals surface area contributed by atoms with Gasteiger partial charge in [-0.1, -0.05) is 0 Å². The van der Waals surface area contributed by atoms with Gasteiger partial charge in [0.05, 0.1) is 11.9 Å². The van der Waals surface area contributed by atoms with Gasteiger partial charge in [-0.05, 0) is 42.2 Å². The average Bonchev–Trinajstić information content (AvgIpc) is 2.93. The van der Waals surface area contributed by atoms with Crippen LogP contribution >= 0.6 is 11.3 Å². The van der Waals surface area contributed by atoms with Crippen molar-refractivity contribution < 1.29 is 4.79 Å². The summed E-state index contributed by atoms with van der Waals surface area (Å²) >= 11 is 1.69. The molecule has 1 aliphatic rings.